The molecule has 0 atom stereocenters. The quantitative estimate of drug-likeness (QED) is 0.633. The number of hydrogen-bond acceptors (Lipinski definition) is 6. The molecule has 0 radical (unpaired) electrons. The fourth-order valence-electron chi connectivity index (χ4n) is 2.09. The highest BCUT2D eigenvalue weighted by molar-refractivity contribution is 7.97. The summed E-state index contributed by atoms with van der Waals surface area (Å²) in [5.41, 5.74) is 0.942. The van der Waals surface area contributed by atoms with Crippen LogP contribution in [0.25, 0.3) is 0 Å². The summed E-state index contributed by atoms with van der Waals surface area (Å²) in [4.78, 5) is 8.60. The molecule has 0 fully saturated rings. The third-order valence-electron chi connectivity index (χ3n) is 3.38. The van der Waals surface area contributed by atoms with Gasteiger partial charge in [-0.15, -0.1) is 11.8 Å². The van der Waals surface area contributed by atoms with Crippen molar-refractivity contribution in [1.82, 2.24) is 15.1 Å². The molecule has 3 rings (SSSR count). The number of benzene rings is 1. The van der Waals surface area contributed by atoms with E-state index in [2.05, 4.69) is 29.0 Å². The van der Waals surface area contributed by atoms with Crippen LogP contribution in [-0.2, 0) is 17.9 Å². The van der Waals surface area contributed by atoms with Crippen molar-refractivity contribution >= 4 is 11.8 Å². The van der Waals surface area contributed by atoms with Crippen molar-refractivity contribution in [2.45, 2.75) is 37.7 Å². The molecule has 0 amide bonds. The zero-order valence-corrected chi connectivity index (χ0v) is 14.3. The second-order valence-corrected chi connectivity index (χ2v) is 6.70. The summed E-state index contributed by atoms with van der Waals surface area (Å²) >= 11 is 1.60. The number of nitrogens with zero attached hydrogens (tertiary/aromatic N) is 3. The average molecular weight is 347 g/mol. The van der Waals surface area contributed by atoms with E-state index in [-0.39, 0.29) is 5.82 Å². The average Bonchev–Trinajstić information content (AvgIpc) is 3.19. The zero-order chi connectivity index (χ0) is 16.9. The van der Waals surface area contributed by atoms with E-state index in [0.29, 0.717) is 41.5 Å². The molecule has 2 heterocycles. The van der Waals surface area contributed by atoms with Gasteiger partial charge in [-0.25, -0.2) is 9.37 Å². The van der Waals surface area contributed by atoms with Gasteiger partial charge in [0, 0.05) is 12.3 Å². The van der Waals surface area contributed by atoms with E-state index < -0.39 is 0 Å². The third-order valence-corrected chi connectivity index (χ3v) is 4.28. The topological polar surface area (TPSA) is 65.0 Å². The highest BCUT2D eigenvalue weighted by Gasteiger charge is 2.10. The van der Waals surface area contributed by atoms with E-state index in [9.17, 15) is 4.39 Å². The Hall–Kier alpha value is -2.15. The third kappa shape index (κ3) is 4.44. The Balaban J connectivity index is 1.49. The number of thioether (sulfide) groups is 1. The highest BCUT2D eigenvalue weighted by atomic mass is 32.2. The normalized spacial score (nSPS) is 11.3. The molecular formula is C17H18FN3O2S. The molecule has 0 saturated heterocycles. The molecule has 0 N–H and O–H groups in total. The summed E-state index contributed by atoms with van der Waals surface area (Å²) in [6, 6.07) is 6.28. The first-order valence-electron chi connectivity index (χ1n) is 7.68. The second-order valence-electron chi connectivity index (χ2n) is 5.71. The summed E-state index contributed by atoms with van der Waals surface area (Å²) < 4.78 is 23.8. The molecule has 0 aliphatic heterocycles. The van der Waals surface area contributed by atoms with E-state index in [1.807, 2.05) is 0 Å². The van der Waals surface area contributed by atoms with Crippen LogP contribution in [0, 0.1) is 5.82 Å². The van der Waals surface area contributed by atoms with Gasteiger partial charge in [0.05, 0.1) is 17.7 Å². The van der Waals surface area contributed by atoms with Crippen LogP contribution in [0.15, 0.2) is 39.4 Å². The number of hydrogen-bond donors (Lipinski definition) is 0. The Labute approximate surface area is 143 Å². The number of aromatic nitrogens is 3. The predicted octanol–water partition coefficient (Wildman–Crippen LogP) is 4.34. The minimum Gasteiger partial charge on any atom is -0.445 e. The van der Waals surface area contributed by atoms with Crippen LogP contribution in [0.3, 0.4) is 0 Å². The van der Waals surface area contributed by atoms with Gasteiger partial charge in [0.25, 0.3) is 0 Å². The van der Waals surface area contributed by atoms with Crippen LogP contribution < -0.4 is 0 Å². The van der Waals surface area contributed by atoms with E-state index >= 15 is 0 Å². The van der Waals surface area contributed by atoms with Gasteiger partial charge >= 0.3 is 0 Å². The van der Waals surface area contributed by atoms with Gasteiger partial charge in [0.15, 0.2) is 5.82 Å². The lowest BCUT2D eigenvalue weighted by molar-refractivity contribution is 0.385. The van der Waals surface area contributed by atoms with E-state index in [1.165, 1.54) is 12.1 Å². The largest absolute Gasteiger partial charge is 0.445 e. The van der Waals surface area contributed by atoms with Crippen LogP contribution in [-0.4, -0.2) is 15.1 Å². The first kappa shape index (κ1) is 16.7. The van der Waals surface area contributed by atoms with Crippen LogP contribution in [0.2, 0.25) is 0 Å². The van der Waals surface area contributed by atoms with Gasteiger partial charge < -0.3 is 8.94 Å². The summed E-state index contributed by atoms with van der Waals surface area (Å²) in [7, 11) is 0. The van der Waals surface area contributed by atoms with E-state index in [1.54, 1.807) is 30.1 Å². The van der Waals surface area contributed by atoms with Gasteiger partial charge in [0.1, 0.15) is 11.6 Å². The number of halogens is 1. The van der Waals surface area contributed by atoms with Gasteiger partial charge in [-0.1, -0.05) is 31.1 Å². The standard InChI is InChI=1S/C17H18FN3O2S/c1-11(2)14-8-19-16(22-14)9-24-10-17-20-15(21-23-17)7-12-3-5-13(18)6-4-12/h3-6,8,11H,7,9-10H2,1-2H3. The first-order chi connectivity index (χ1) is 11.6. The van der Waals surface area contributed by atoms with Crippen molar-refractivity contribution in [3.05, 3.63) is 65.2 Å². The molecule has 0 spiro atoms. The maximum atomic E-state index is 12.9. The molecule has 0 bridgehead atoms. The Morgan fingerprint density at radius 1 is 1.12 bits per heavy atom. The van der Waals surface area contributed by atoms with Crippen LogP contribution in [0.5, 0.6) is 0 Å². The minimum atomic E-state index is -0.254. The molecular weight excluding hydrogens is 329 g/mol. The van der Waals surface area contributed by atoms with Crippen molar-refractivity contribution in [3.63, 3.8) is 0 Å². The van der Waals surface area contributed by atoms with Gasteiger partial charge in [-0.3, -0.25) is 0 Å². The SMILES string of the molecule is CC(C)c1cnc(CSCc2nc(Cc3ccc(F)cc3)no2)o1. The minimum absolute atomic E-state index is 0.254. The van der Waals surface area contributed by atoms with Crippen molar-refractivity contribution in [3.8, 4) is 0 Å². The van der Waals surface area contributed by atoms with Crippen molar-refractivity contribution < 1.29 is 13.3 Å². The maximum Gasteiger partial charge on any atom is 0.236 e. The summed E-state index contributed by atoms with van der Waals surface area (Å²) in [6.45, 7) is 4.14. The summed E-state index contributed by atoms with van der Waals surface area (Å²) in [5.74, 6) is 4.08. The number of oxazole rings is 1. The molecule has 1 aromatic carbocycles. The van der Waals surface area contributed by atoms with Crippen LogP contribution in [0.4, 0.5) is 4.39 Å². The Morgan fingerprint density at radius 3 is 2.58 bits per heavy atom. The molecule has 5 nitrogen and oxygen atoms in total. The summed E-state index contributed by atoms with van der Waals surface area (Å²) in [6.07, 6.45) is 2.29. The monoisotopic (exact) mass is 347 g/mol. The molecule has 0 aliphatic carbocycles. The van der Waals surface area contributed by atoms with E-state index in [0.717, 1.165) is 11.3 Å². The van der Waals surface area contributed by atoms with Gasteiger partial charge in [-0.05, 0) is 17.7 Å². The molecule has 7 heteroatoms. The molecule has 3 aromatic rings. The lowest BCUT2D eigenvalue weighted by atomic mass is 10.1. The smallest absolute Gasteiger partial charge is 0.236 e. The van der Waals surface area contributed by atoms with Gasteiger partial charge in [0.2, 0.25) is 11.8 Å². The molecule has 24 heavy (non-hydrogen) atoms. The first-order valence-corrected chi connectivity index (χ1v) is 8.84. The molecule has 0 saturated carbocycles. The molecule has 0 aliphatic rings. The van der Waals surface area contributed by atoms with Gasteiger partial charge in [-0.2, -0.15) is 4.98 Å². The zero-order valence-electron chi connectivity index (χ0n) is 13.5. The van der Waals surface area contributed by atoms with Crippen molar-refractivity contribution in [2.75, 3.05) is 0 Å². The fourth-order valence-corrected chi connectivity index (χ4v) is 2.79. The van der Waals surface area contributed by atoms with Crippen molar-refractivity contribution in [1.29, 1.82) is 0 Å². The van der Waals surface area contributed by atoms with E-state index in [4.69, 9.17) is 8.94 Å². The van der Waals surface area contributed by atoms with Crippen LogP contribution in [0.1, 0.15) is 48.7 Å². The maximum absolute atomic E-state index is 12.9. The second kappa shape index (κ2) is 7.61. The summed E-state index contributed by atoms with van der Waals surface area (Å²) in [5, 5.41) is 3.95. The van der Waals surface area contributed by atoms with Crippen LogP contribution >= 0.6 is 11.8 Å². The lowest BCUT2D eigenvalue weighted by Crippen LogP contribution is -1.91. The molecule has 0 unspecified atom stereocenters. The Bertz CT molecular complexity index is 783. The number of rotatable bonds is 7. The Kier molecular flexibility index (Phi) is 5.30. The molecule has 126 valence electrons. The van der Waals surface area contributed by atoms with Crippen molar-refractivity contribution in [2.24, 2.45) is 0 Å². The molecule has 2 aromatic heterocycles. The highest BCUT2D eigenvalue weighted by Crippen LogP contribution is 2.20. The predicted molar refractivity (Wildman–Crippen MR) is 89.1 cm³/mol. The fraction of sp³-hybridized carbons (Fsp3) is 0.353. The Morgan fingerprint density at radius 2 is 1.88 bits per heavy atom. The lowest BCUT2D eigenvalue weighted by Gasteiger charge is -1.97.